The van der Waals surface area contributed by atoms with Gasteiger partial charge in [0.25, 0.3) is 5.91 Å². The summed E-state index contributed by atoms with van der Waals surface area (Å²) in [6.07, 6.45) is -0.476. The Morgan fingerprint density at radius 2 is 1.58 bits per heavy atom. The van der Waals surface area contributed by atoms with Crippen molar-refractivity contribution in [1.82, 2.24) is 5.32 Å². The molecule has 106 valence electrons. The van der Waals surface area contributed by atoms with Crippen LogP contribution in [0.2, 0.25) is 0 Å². The van der Waals surface area contributed by atoms with Crippen molar-refractivity contribution in [1.29, 1.82) is 0 Å². The van der Waals surface area contributed by atoms with E-state index in [9.17, 15) is 4.79 Å². The number of rotatable bonds is 7. The summed E-state index contributed by atoms with van der Waals surface area (Å²) < 4.78 is 20.2. The fourth-order valence-electron chi connectivity index (χ4n) is 1.48. The molecule has 6 nitrogen and oxygen atoms in total. The second-order valence-corrected chi connectivity index (χ2v) is 3.71. The van der Waals surface area contributed by atoms with Crippen molar-refractivity contribution in [2.75, 3.05) is 35.0 Å². The van der Waals surface area contributed by atoms with Crippen molar-refractivity contribution in [3.8, 4) is 11.5 Å². The molecule has 0 aliphatic carbocycles. The summed E-state index contributed by atoms with van der Waals surface area (Å²) in [6, 6.07) is 4.96. The number of methoxy groups -OCH3 is 4. The van der Waals surface area contributed by atoms with Gasteiger partial charge in [0.2, 0.25) is 0 Å². The van der Waals surface area contributed by atoms with Gasteiger partial charge in [-0.25, -0.2) is 0 Å². The molecule has 0 fully saturated rings. The van der Waals surface area contributed by atoms with Crippen molar-refractivity contribution < 1.29 is 23.7 Å². The van der Waals surface area contributed by atoms with Crippen LogP contribution in [-0.4, -0.2) is 47.2 Å². The lowest BCUT2D eigenvalue weighted by Crippen LogP contribution is -2.34. The molecular formula is C13H19NO5. The Kier molecular flexibility index (Phi) is 6.11. The molecule has 6 heteroatoms. The molecule has 0 aromatic heterocycles. The summed E-state index contributed by atoms with van der Waals surface area (Å²) in [5, 5.41) is 2.70. The molecule has 0 saturated carbocycles. The van der Waals surface area contributed by atoms with Gasteiger partial charge in [-0.15, -0.1) is 0 Å². The standard InChI is InChI=1S/C13H19NO5/c1-16-10-5-9(6-11(7-10)17-2)13(15)14-8-12(18-3)19-4/h5-7,12H,8H2,1-4H3,(H,14,15). The number of benzene rings is 1. The lowest BCUT2D eigenvalue weighted by molar-refractivity contribution is -0.0974. The highest BCUT2D eigenvalue weighted by Gasteiger charge is 2.12. The quantitative estimate of drug-likeness (QED) is 0.750. The summed E-state index contributed by atoms with van der Waals surface area (Å²) in [5.41, 5.74) is 0.446. The van der Waals surface area contributed by atoms with E-state index >= 15 is 0 Å². The van der Waals surface area contributed by atoms with Crippen molar-refractivity contribution in [2.45, 2.75) is 6.29 Å². The van der Waals surface area contributed by atoms with Crippen LogP contribution in [0.3, 0.4) is 0 Å². The molecular weight excluding hydrogens is 250 g/mol. The third-order valence-electron chi connectivity index (χ3n) is 2.57. The maximum Gasteiger partial charge on any atom is 0.251 e. The highest BCUT2D eigenvalue weighted by atomic mass is 16.7. The van der Waals surface area contributed by atoms with E-state index < -0.39 is 6.29 Å². The zero-order chi connectivity index (χ0) is 14.3. The van der Waals surface area contributed by atoms with Crippen LogP contribution in [0.15, 0.2) is 18.2 Å². The minimum Gasteiger partial charge on any atom is -0.497 e. The lowest BCUT2D eigenvalue weighted by atomic mass is 10.2. The minimum absolute atomic E-state index is 0.253. The van der Waals surface area contributed by atoms with Crippen LogP contribution in [0.4, 0.5) is 0 Å². The van der Waals surface area contributed by atoms with E-state index in [1.54, 1.807) is 18.2 Å². The van der Waals surface area contributed by atoms with Crippen LogP contribution < -0.4 is 14.8 Å². The number of nitrogens with one attached hydrogen (secondary N) is 1. The van der Waals surface area contributed by atoms with E-state index in [0.717, 1.165) is 0 Å². The molecule has 0 unspecified atom stereocenters. The Labute approximate surface area is 112 Å². The first-order chi connectivity index (χ1) is 9.14. The predicted octanol–water partition coefficient (Wildman–Crippen LogP) is 1.05. The zero-order valence-corrected chi connectivity index (χ0v) is 11.6. The molecule has 0 saturated heterocycles. The van der Waals surface area contributed by atoms with Gasteiger partial charge < -0.3 is 24.3 Å². The van der Waals surface area contributed by atoms with E-state index in [0.29, 0.717) is 17.1 Å². The minimum atomic E-state index is -0.476. The first kappa shape index (κ1) is 15.3. The molecule has 0 aliphatic rings. The summed E-state index contributed by atoms with van der Waals surface area (Å²) >= 11 is 0. The fraction of sp³-hybridized carbons (Fsp3) is 0.462. The topological polar surface area (TPSA) is 66.0 Å². The number of amides is 1. The van der Waals surface area contributed by atoms with Gasteiger partial charge in [-0.3, -0.25) is 4.79 Å². The third kappa shape index (κ3) is 4.42. The maximum absolute atomic E-state index is 12.0. The number of carbonyl (C=O) groups is 1. The maximum atomic E-state index is 12.0. The van der Waals surface area contributed by atoms with Gasteiger partial charge in [-0.05, 0) is 12.1 Å². The molecule has 0 radical (unpaired) electrons. The molecule has 0 aliphatic heterocycles. The predicted molar refractivity (Wildman–Crippen MR) is 69.7 cm³/mol. The Balaban J connectivity index is 2.75. The van der Waals surface area contributed by atoms with Crippen molar-refractivity contribution >= 4 is 5.91 Å². The second kappa shape index (κ2) is 7.60. The number of ether oxygens (including phenoxy) is 4. The number of carbonyl (C=O) groups excluding carboxylic acids is 1. The Hall–Kier alpha value is -1.79. The van der Waals surface area contributed by atoms with Gasteiger partial charge in [0.1, 0.15) is 11.5 Å². The first-order valence-electron chi connectivity index (χ1n) is 5.71. The summed E-state index contributed by atoms with van der Waals surface area (Å²) in [7, 11) is 6.08. The fourth-order valence-corrected chi connectivity index (χ4v) is 1.48. The van der Waals surface area contributed by atoms with Crippen molar-refractivity contribution in [3.63, 3.8) is 0 Å². The molecule has 0 bridgehead atoms. The Bertz CT molecular complexity index is 395. The van der Waals surface area contributed by atoms with E-state index in [4.69, 9.17) is 18.9 Å². The molecule has 0 heterocycles. The van der Waals surface area contributed by atoms with Gasteiger partial charge in [0.05, 0.1) is 20.8 Å². The van der Waals surface area contributed by atoms with Crippen LogP contribution in [0.5, 0.6) is 11.5 Å². The van der Waals surface area contributed by atoms with E-state index in [1.165, 1.54) is 28.4 Å². The van der Waals surface area contributed by atoms with Crippen LogP contribution in [0.1, 0.15) is 10.4 Å². The average Bonchev–Trinajstić information content (AvgIpc) is 2.47. The molecule has 0 atom stereocenters. The highest BCUT2D eigenvalue weighted by molar-refractivity contribution is 5.95. The number of hydrogen-bond acceptors (Lipinski definition) is 5. The van der Waals surface area contributed by atoms with Gasteiger partial charge in [-0.1, -0.05) is 0 Å². The molecule has 1 N–H and O–H groups in total. The summed E-state index contributed by atoms with van der Waals surface area (Å²) in [5.74, 6) is 0.857. The first-order valence-corrected chi connectivity index (χ1v) is 5.71. The van der Waals surface area contributed by atoms with Crippen molar-refractivity contribution in [2.24, 2.45) is 0 Å². The average molecular weight is 269 g/mol. The largest absolute Gasteiger partial charge is 0.497 e. The third-order valence-corrected chi connectivity index (χ3v) is 2.57. The molecule has 1 aromatic carbocycles. The molecule has 1 amide bonds. The smallest absolute Gasteiger partial charge is 0.251 e. The number of hydrogen-bond donors (Lipinski definition) is 1. The molecule has 1 aromatic rings. The van der Waals surface area contributed by atoms with Crippen LogP contribution in [0, 0.1) is 0 Å². The molecule has 0 spiro atoms. The normalized spacial score (nSPS) is 10.4. The SMILES string of the molecule is COc1cc(OC)cc(C(=O)NCC(OC)OC)c1. The zero-order valence-electron chi connectivity index (χ0n) is 11.6. The monoisotopic (exact) mass is 269 g/mol. The summed E-state index contributed by atoms with van der Waals surface area (Å²) in [6.45, 7) is 0.255. The van der Waals surface area contributed by atoms with Gasteiger partial charge in [0, 0.05) is 25.8 Å². The second-order valence-electron chi connectivity index (χ2n) is 3.71. The lowest BCUT2D eigenvalue weighted by Gasteiger charge is -2.14. The molecule has 19 heavy (non-hydrogen) atoms. The van der Waals surface area contributed by atoms with Crippen LogP contribution in [-0.2, 0) is 9.47 Å². The highest BCUT2D eigenvalue weighted by Crippen LogP contribution is 2.22. The van der Waals surface area contributed by atoms with E-state index in [1.807, 2.05) is 0 Å². The van der Waals surface area contributed by atoms with Gasteiger partial charge in [-0.2, -0.15) is 0 Å². The Morgan fingerprint density at radius 1 is 1.05 bits per heavy atom. The Morgan fingerprint density at radius 3 is 2.00 bits per heavy atom. The van der Waals surface area contributed by atoms with Crippen molar-refractivity contribution in [3.05, 3.63) is 23.8 Å². The van der Waals surface area contributed by atoms with Gasteiger partial charge >= 0.3 is 0 Å². The molecule has 1 rings (SSSR count). The van der Waals surface area contributed by atoms with E-state index in [-0.39, 0.29) is 12.5 Å². The van der Waals surface area contributed by atoms with Crippen LogP contribution >= 0.6 is 0 Å². The van der Waals surface area contributed by atoms with Crippen LogP contribution in [0.25, 0.3) is 0 Å². The van der Waals surface area contributed by atoms with E-state index in [2.05, 4.69) is 5.32 Å². The van der Waals surface area contributed by atoms with Gasteiger partial charge in [0.15, 0.2) is 6.29 Å². The summed E-state index contributed by atoms with van der Waals surface area (Å²) in [4.78, 5) is 12.0.